The fraction of sp³-hybridized carbons (Fsp3) is 0.412. The molecule has 5 nitrogen and oxygen atoms in total. The molecule has 122 valence electrons. The van der Waals surface area contributed by atoms with Gasteiger partial charge < -0.3 is 14.8 Å². The summed E-state index contributed by atoms with van der Waals surface area (Å²) in [5, 5.41) is 3.41. The smallest absolute Gasteiger partial charge is 0.224 e. The lowest BCUT2D eigenvalue weighted by Gasteiger charge is -2.17. The normalized spacial score (nSPS) is 17.9. The molecule has 2 aromatic rings. The van der Waals surface area contributed by atoms with Gasteiger partial charge in [0.2, 0.25) is 5.91 Å². The molecule has 23 heavy (non-hydrogen) atoms. The number of nitrogens with one attached hydrogen (secondary N) is 1. The van der Waals surface area contributed by atoms with E-state index in [1.807, 2.05) is 11.1 Å². The molecule has 1 aromatic carbocycles. The third-order valence-corrected chi connectivity index (χ3v) is 4.19. The predicted octanol–water partition coefficient (Wildman–Crippen LogP) is 1.93. The molecule has 0 bridgehead atoms. The number of carbonyl (C=O) groups is 1. The molecule has 0 radical (unpaired) electrons. The average Bonchev–Trinajstić information content (AvgIpc) is 3.14. The number of aryl methyl sites for hydroxylation is 1. The minimum atomic E-state index is -0.257. The van der Waals surface area contributed by atoms with Gasteiger partial charge in [-0.3, -0.25) is 4.79 Å². The predicted molar refractivity (Wildman–Crippen MR) is 85.0 cm³/mol. The fourth-order valence-electron chi connectivity index (χ4n) is 2.90. The van der Waals surface area contributed by atoms with Crippen molar-refractivity contribution in [2.24, 2.45) is 0 Å². The molecule has 1 aliphatic rings. The van der Waals surface area contributed by atoms with Crippen LogP contribution in [0.25, 0.3) is 0 Å². The van der Waals surface area contributed by atoms with Crippen LogP contribution in [0.5, 0.6) is 0 Å². The van der Waals surface area contributed by atoms with Gasteiger partial charge in [0.25, 0.3) is 0 Å². The highest BCUT2D eigenvalue weighted by atomic mass is 19.1. The van der Waals surface area contributed by atoms with Crippen LogP contribution in [-0.2, 0) is 24.4 Å². The topological polar surface area (TPSA) is 50.2 Å². The summed E-state index contributed by atoms with van der Waals surface area (Å²) in [6, 6.07) is 6.43. The summed E-state index contributed by atoms with van der Waals surface area (Å²) in [5.74, 6) is 0.857. The molecule has 6 heteroatoms. The van der Waals surface area contributed by atoms with Crippen molar-refractivity contribution >= 4 is 5.91 Å². The van der Waals surface area contributed by atoms with Crippen molar-refractivity contribution in [2.45, 2.75) is 39.0 Å². The number of hydrogen-bond acceptors (Lipinski definition) is 3. The first-order chi connectivity index (χ1) is 11.2. The monoisotopic (exact) mass is 316 g/mol. The maximum absolute atomic E-state index is 12.9. The van der Waals surface area contributed by atoms with Crippen molar-refractivity contribution in [3.63, 3.8) is 0 Å². The summed E-state index contributed by atoms with van der Waals surface area (Å²) in [6.07, 6.45) is 4.24. The molecule has 1 atom stereocenters. The van der Waals surface area contributed by atoms with Crippen LogP contribution >= 0.6 is 0 Å². The number of halogens is 1. The van der Waals surface area contributed by atoms with Crippen molar-refractivity contribution in [2.75, 3.05) is 6.54 Å². The second-order valence-electron chi connectivity index (χ2n) is 5.81. The quantitative estimate of drug-likeness (QED) is 0.886. The zero-order chi connectivity index (χ0) is 16.2. The van der Waals surface area contributed by atoms with Crippen molar-refractivity contribution in [1.29, 1.82) is 0 Å². The Labute approximate surface area is 135 Å². The number of rotatable bonds is 6. The number of imidazole rings is 1. The van der Waals surface area contributed by atoms with Gasteiger partial charge in [-0.05, 0) is 24.6 Å². The van der Waals surface area contributed by atoms with E-state index in [4.69, 9.17) is 0 Å². The van der Waals surface area contributed by atoms with Crippen LogP contribution in [0.2, 0.25) is 0 Å². The van der Waals surface area contributed by atoms with E-state index >= 15 is 0 Å². The molecule has 3 rings (SSSR count). The molecule has 1 fully saturated rings. The molecule has 0 spiro atoms. The van der Waals surface area contributed by atoms with E-state index in [0.29, 0.717) is 26.1 Å². The third kappa shape index (κ3) is 3.76. The summed E-state index contributed by atoms with van der Waals surface area (Å²) < 4.78 is 15.0. The molecular weight excluding hydrogens is 295 g/mol. The van der Waals surface area contributed by atoms with Gasteiger partial charge in [0.05, 0.1) is 6.54 Å². The first kappa shape index (κ1) is 15.7. The second-order valence-corrected chi connectivity index (χ2v) is 5.81. The largest absolute Gasteiger partial charge is 0.337 e. The highest BCUT2D eigenvalue weighted by Crippen LogP contribution is 2.16. The van der Waals surface area contributed by atoms with Gasteiger partial charge in [-0.15, -0.1) is 0 Å². The van der Waals surface area contributed by atoms with Crippen LogP contribution in [-0.4, -0.2) is 32.9 Å². The van der Waals surface area contributed by atoms with Gasteiger partial charge in [-0.2, -0.15) is 0 Å². The van der Waals surface area contributed by atoms with Gasteiger partial charge in [0.15, 0.2) is 0 Å². The Morgan fingerprint density at radius 1 is 1.35 bits per heavy atom. The lowest BCUT2D eigenvalue weighted by molar-refractivity contribution is -0.128. The molecule has 1 unspecified atom stereocenters. The Kier molecular flexibility index (Phi) is 4.71. The van der Waals surface area contributed by atoms with Crippen LogP contribution in [0.4, 0.5) is 4.39 Å². The Hall–Kier alpha value is -2.21. The van der Waals surface area contributed by atoms with Crippen molar-refractivity contribution in [3.05, 3.63) is 53.9 Å². The number of nitrogens with zero attached hydrogens (tertiary/aromatic N) is 3. The molecule has 1 aliphatic heterocycles. The van der Waals surface area contributed by atoms with Crippen LogP contribution in [0.1, 0.15) is 24.7 Å². The first-order valence-electron chi connectivity index (χ1n) is 7.91. The van der Waals surface area contributed by atoms with Crippen molar-refractivity contribution in [1.82, 2.24) is 19.8 Å². The lowest BCUT2D eigenvalue weighted by atomic mass is 10.2. The fourth-order valence-corrected chi connectivity index (χ4v) is 2.90. The summed E-state index contributed by atoms with van der Waals surface area (Å²) in [6.45, 7) is 4.82. The SMILES string of the molecule is CCn1ccnc1CNC1CC(=O)N(Cc2ccc(F)cc2)C1. The maximum atomic E-state index is 12.9. The number of aromatic nitrogens is 2. The molecule has 1 saturated heterocycles. The lowest BCUT2D eigenvalue weighted by Crippen LogP contribution is -2.33. The molecule has 1 aromatic heterocycles. The number of carbonyl (C=O) groups excluding carboxylic acids is 1. The number of hydrogen-bond donors (Lipinski definition) is 1. The molecule has 0 aliphatic carbocycles. The van der Waals surface area contributed by atoms with Gasteiger partial charge in [-0.1, -0.05) is 12.1 Å². The van der Waals surface area contributed by atoms with E-state index in [2.05, 4.69) is 21.8 Å². The van der Waals surface area contributed by atoms with Gasteiger partial charge >= 0.3 is 0 Å². The van der Waals surface area contributed by atoms with Crippen molar-refractivity contribution in [3.8, 4) is 0 Å². The van der Waals surface area contributed by atoms with Gasteiger partial charge in [0.1, 0.15) is 11.6 Å². The van der Waals surface area contributed by atoms with E-state index in [9.17, 15) is 9.18 Å². The number of amides is 1. The second kappa shape index (κ2) is 6.91. The summed E-state index contributed by atoms with van der Waals surface area (Å²) in [5.41, 5.74) is 0.946. The first-order valence-corrected chi connectivity index (χ1v) is 7.91. The third-order valence-electron chi connectivity index (χ3n) is 4.19. The number of likely N-dealkylation sites (tertiary alicyclic amines) is 1. The van der Waals surface area contributed by atoms with Crippen LogP contribution in [0.3, 0.4) is 0 Å². The van der Waals surface area contributed by atoms with Crippen LogP contribution in [0.15, 0.2) is 36.7 Å². The average molecular weight is 316 g/mol. The van der Waals surface area contributed by atoms with Gasteiger partial charge in [-0.25, -0.2) is 9.37 Å². The summed E-state index contributed by atoms with van der Waals surface area (Å²) in [4.78, 5) is 18.3. The van der Waals surface area contributed by atoms with Crippen LogP contribution < -0.4 is 5.32 Å². The molecule has 1 amide bonds. The zero-order valence-electron chi connectivity index (χ0n) is 13.2. The van der Waals surface area contributed by atoms with Crippen molar-refractivity contribution < 1.29 is 9.18 Å². The van der Waals surface area contributed by atoms with E-state index in [0.717, 1.165) is 17.9 Å². The van der Waals surface area contributed by atoms with Crippen LogP contribution in [0, 0.1) is 5.82 Å². The van der Waals surface area contributed by atoms with E-state index < -0.39 is 0 Å². The van der Waals surface area contributed by atoms with E-state index in [-0.39, 0.29) is 17.8 Å². The zero-order valence-corrected chi connectivity index (χ0v) is 13.2. The summed E-state index contributed by atoms with van der Waals surface area (Å²) >= 11 is 0. The van der Waals surface area contributed by atoms with E-state index in [1.165, 1.54) is 12.1 Å². The Balaban J connectivity index is 1.54. The number of benzene rings is 1. The maximum Gasteiger partial charge on any atom is 0.224 e. The Bertz CT molecular complexity index is 667. The highest BCUT2D eigenvalue weighted by molar-refractivity contribution is 5.79. The highest BCUT2D eigenvalue weighted by Gasteiger charge is 2.29. The molecule has 1 N–H and O–H groups in total. The minimum Gasteiger partial charge on any atom is -0.337 e. The molecular formula is C17H21FN4O. The Morgan fingerprint density at radius 3 is 2.87 bits per heavy atom. The minimum absolute atomic E-state index is 0.130. The Morgan fingerprint density at radius 2 is 2.13 bits per heavy atom. The summed E-state index contributed by atoms with van der Waals surface area (Å²) in [7, 11) is 0. The van der Waals surface area contributed by atoms with E-state index in [1.54, 1.807) is 18.3 Å². The van der Waals surface area contributed by atoms with Gasteiger partial charge in [0, 0.05) is 44.5 Å². The molecule has 2 heterocycles. The standard InChI is InChI=1S/C17H21FN4O/c1-2-21-8-7-19-16(21)10-20-15-9-17(23)22(12-15)11-13-3-5-14(18)6-4-13/h3-8,15,20H,2,9-12H2,1H3. The molecule has 0 saturated carbocycles.